The van der Waals surface area contributed by atoms with Gasteiger partial charge in [0.25, 0.3) is 0 Å². The Morgan fingerprint density at radius 3 is 1.41 bits per heavy atom. The van der Waals surface area contributed by atoms with Crippen LogP contribution in [-0.2, 0) is 17.6 Å². The second kappa shape index (κ2) is 6.94. The van der Waals surface area contributed by atoms with Gasteiger partial charge in [-0.15, -0.1) is 0 Å². The number of hydrogen-bond acceptors (Lipinski definition) is 3. The van der Waals surface area contributed by atoms with Gasteiger partial charge >= 0.3 is 0 Å². The lowest BCUT2D eigenvalue weighted by molar-refractivity contribution is -0.117. The van der Waals surface area contributed by atoms with E-state index in [4.69, 9.17) is 0 Å². The molecule has 0 amide bonds. The summed E-state index contributed by atoms with van der Waals surface area (Å²) in [5.74, 6) is -0.109. The molecular weight excluding hydrogens is 276 g/mol. The molecule has 0 spiro atoms. The topological polar surface area (TPSA) is 51.2 Å². The highest BCUT2D eigenvalue weighted by molar-refractivity contribution is 5.99. The van der Waals surface area contributed by atoms with Gasteiger partial charge in [0.1, 0.15) is 5.78 Å². The summed E-state index contributed by atoms with van der Waals surface area (Å²) < 4.78 is 0. The molecule has 0 heterocycles. The molecule has 3 nitrogen and oxygen atoms in total. The Balaban J connectivity index is 2.18. The summed E-state index contributed by atoms with van der Waals surface area (Å²) in [6.07, 6.45) is 0.393. The monoisotopic (exact) mass is 294 g/mol. The van der Waals surface area contributed by atoms with E-state index in [1.54, 1.807) is 36.4 Å². The van der Waals surface area contributed by atoms with E-state index in [-0.39, 0.29) is 30.2 Å². The molecule has 0 N–H and O–H groups in total. The van der Waals surface area contributed by atoms with Crippen LogP contribution in [0, 0.1) is 0 Å². The maximum Gasteiger partial charge on any atom is 0.160 e. The van der Waals surface area contributed by atoms with Crippen molar-refractivity contribution >= 4 is 17.3 Å². The van der Waals surface area contributed by atoms with Crippen molar-refractivity contribution in [2.45, 2.75) is 26.7 Å². The van der Waals surface area contributed by atoms with Crippen LogP contribution in [-0.4, -0.2) is 17.3 Å². The molecule has 0 aromatic heterocycles. The number of carbonyl (C=O) groups is 3. The summed E-state index contributed by atoms with van der Waals surface area (Å²) in [6, 6.07) is 14.3. The smallest absolute Gasteiger partial charge is 0.160 e. The minimum absolute atomic E-state index is 0.0117. The second-order valence-corrected chi connectivity index (χ2v) is 5.32. The Hall–Kier alpha value is -2.55. The van der Waals surface area contributed by atoms with Gasteiger partial charge in [-0.1, -0.05) is 48.5 Å². The van der Waals surface area contributed by atoms with Crippen LogP contribution in [0.1, 0.15) is 45.7 Å². The minimum atomic E-state index is -0.0486. The molecule has 2 rings (SSSR count). The van der Waals surface area contributed by atoms with Crippen molar-refractivity contribution in [1.82, 2.24) is 0 Å². The molecule has 0 radical (unpaired) electrons. The first kappa shape index (κ1) is 15.8. The molecule has 0 aliphatic carbocycles. The summed E-state index contributed by atoms with van der Waals surface area (Å²) in [4.78, 5) is 35.5. The van der Waals surface area contributed by atoms with Gasteiger partial charge in [-0.3, -0.25) is 14.4 Å². The van der Waals surface area contributed by atoms with Crippen LogP contribution in [0.15, 0.2) is 48.5 Å². The zero-order chi connectivity index (χ0) is 16.1. The third kappa shape index (κ3) is 3.76. The van der Waals surface area contributed by atoms with Gasteiger partial charge in [0.05, 0.1) is 0 Å². The molecule has 0 bridgehead atoms. The van der Waals surface area contributed by atoms with Crippen LogP contribution in [0.5, 0.6) is 0 Å². The first-order valence-corrected chi connectivity index (χ1v) is 7.18. The first-order valence-electron chi connectivity index (χ1n) is 7.18. The molecule has 112 valence electrons. The molecule has 0 atom stereocenters. The van der Waals surface area contributed by atoms with E-state index in [9.17, 15) is 14.4 Å². The maximum absolute atomic E-state index is 12.3. The normalized spacial score (nSPS) is 10.3. The fraction of sp³-hybridized carbons (Fsp3) is 0.211. The lowest BCUT2D eigenvalue weighted by Crippen LogP contribution is -2.12. The summed E-state index contributed by atoms with van der Waals surface area (Å²) in [7, 11) is 0. The standard InChI is InChI=1S/C19H18O3/c1-13(20)18-9-5-3-7-15(18)11-17(22)12-16-8-4-6-10-19(16)14(2)21/h3-10H,11-12H2,1-2H3. The quantitative estimate of drug-likeness (QED) is 0.767. The fourth-order valence-corrected chi connectivity index (χ4v) is 2.52. The van der Waals surface area contributed by atoms with Crippen molar-refractivity contribution in [2.75, 3.05) is 0 Å². The first-order chi connectivity index (χ1) is 10.5. The average molecular weight is 294 g/mol. The molecule has 22 heavy (non-hydrogen) atoms. The highest BCUT2D eigenvalue weighted by Gasteiger charge is 2.14. The Kier molecular flexibility index (Phi) is 4.99. The Bertz CT molecular complexity index is 667. The predicted molar refractivity (Wildman–Crippen MR) is 85.3 cm³/mol. The summed E-state index contributed by atoms with van der Waals surface area (Å²) in [5.41, 5.74) is 2.63. The number of hydrogen-bond donors (Lipinski definition) is 0. The lowest BCUT2D eigenvalue weighted by atomic mass is 9.95. The third-order valence-corrected chi connectivity index (χ3v) is 3.57. The van der Waals surface area contributed by atoms with Crippen molar-refractivity contribution in [2.24, 2.45) is 0 Å². The van der Waals surface area contributed by atoms with Crippen molar-refractivity contribution in [1.29, 1.82) is 0 Å². The zero-order valence-electron chi connectivity index (χ0n) is 12.8. The summed E-state index contributed by atoms with van der Waals surface area (Å²) >= 11 is 0. The van der Waals surface area contributed by atoms with Crippen LogP contribution < -0.4 is 0 Å². The molecular formula is C19H18O3. The average Bonchev–Trinajstić information content (AvgIpc) is 2.47. The van der Waals surface area contributed by atoms with E-state index in [1.165, 1.54) is 13.8 Å². The van der Waals surface area contributed by atoms with Crippen LogP contribution in [0.2, 0.25) is 0 Å². The molecule has 0 aliphatic rings. The molecule has 0 aliphatic heterocycles. The van der Waals surface area contributed by atoms with E-state index in [0.717, 1.165) is 11.1 Å². The fourth-order valence-electron chi connectivity index (χ4n) is 2.52. The predicted octanol–water partition coefficient (Wildman–Crippen LogP) is 3.45. The summed E-state index contributed by atoms with van der Waals surface area (Å²) in [5, 5.41) is 0. The Morgan fingerprint density at radius 2 is 1.05 bits per heavy atom. The lowest BCUT2D eigenvalue weighted by Gasteiger charge is -2.08. The van der Waals surface area contributed by atoms with E-state index < -0.39 is 0 Å². The number of Topliss-reactive ketones (excluding diaryl/α,β-unsaturated/α-hetero) is 3. The number of rotatable bonds is 6. The van der Waals surface area contributed by atoms with Gasteiger partial charge < -0.3 is 0 Å². The van der Waals surface area contributed by atoms with Crippen LogP contribution in [0.3, 0.4) is 0 Å². The Morgan fingerprint density at radius 1 is 0.682 bits per heavy atom. The van der Waals surface area contributed by atoms with Crippen molar-refractivity contribution < 1.29 is 14.4 Å². The molecule has 0 saturated heterocycles. The van der Waals surface area contributed by atoms with E-state index in [1.807, 2.05) is 12.1 Å². The largest absolute Gasteiger partial charge is 0.299 e. The van der Waals surface area contributed by atoms with Crippen molar-refractivity contribution in [3.63, 3.8) is 0 Å². The van der Waals surface area contributed by atoms with Crippen LogP contribution in [0.25, 0.3) is 0 Å². The van der Waals surface area contributed by atoms with Crippen LogP contribution >= 0.6 is 0 Å². The van der Waals surface area contributed by atoms with E-state index in [0.29, 0.717) is 11.1 Å². The number of ketones is 3. The zero-order valence-corrected chi connectivity index (χ0v) is 12.8. The number of benzene rings is 2. The van der Waals surface area contributed by atoms with Gasteiger partial charge in [-0.25, -0.2) is 0 Å². The van der Waals surface area contributed by atoms with Gasteiger partial charge in [0.2, 0.25) is 0 Å². The highest BCUT2D eigenvalue weighted by atomic mass is 16.1. The van der Waals surface area contributed by atoms with Gasteiger partial charge in [-0.2, -0.15) is 0 Å². The van der Waals surface area contributed by atoms with Gasteiger partial charge in [-0.05, 0) is 25.0 Å². The second-order valence-electron chi connectivity index (χ2n) is 5.32. The van der Waals surface area contributed by atoms with Crippen molar-refractivity contribution in [3.05, 3.63) is 70.8 Å². The van der Waals surface area contributed by atoms with Gasteiger partial charge in [0, 0.05) is 24.0 Å². The Labute approximate surface area is 130 Å². The molecule has 2 aromatic carbocycles. The SMILES string of the molecule is CC(=O)c1ccccc1CC(=O)Cc1ccccc1C(C)=O. The molecule has 0 unspecified atom stereocenters. The number of carbonyl (C=O) groups excluding carboxylic acids is 3. The van der Waals surface area contributed by atoms with E-state index in [2.05, 4.69) is 0 Å². The van der Waals surface area contributed by atoms with Gasteiger partial charge in [0.15, 0.2) is 11.6 Å². The summed E-state index contributed by atoms with van der Waals surface area (Å²) in [6.45, 7) is 2.99. The van der Waals surface area contributed by atoms with Crippen molar-refractivity contribution in [3.8, 4) is 0 Å². The maximum atomic E-state index is 12.3. The molecule has 2 aromatic rings. The molecule has 0 saturated carbocycles. The molecule has 3 heteroatoms. The molecule has 0 fully saturated rings. The van der Waals surface area contributed by atoms with Crippen LogP contribution in [0.4, 0.5) is 0 Å². The highest BCUT2D eigenvalue weighted by Crippen LogP contribution is 2.15. The minimum Gasteiger partial charge on any atom is -0.299 e. The third-order valence-electron chi connectivity index (χ3n) is 3.57. The van der Waals surface area contributed by atoms with E-state index >= 15 is 0 Å².